The zero-order valence-electron chi connectivity index (χ0n) is 34.1. The van der Waals surface area contributed by atoms with Gasteiger partial charge in [-0.25, -0.2) is 9.18 Å². The van der Waals surface area contributed by atoms with Gasteiger partial charge in [-0.05, 0) is 57.9 Å². The highest BCUT2D eigenvalue weighted by molar-refractivity contribution is 6.23. The van der Waals surface area contributed by atoms with Crippen LogP contribution in [0.1, 0.15) is 79.6 Å². The molecule has 1 aliphatic heterocycles. The van der Waals surface area contributed by atoms with Crippen LogP contribution >= 0.6 is 0 Å². The normalized spacial score (nSPS) is 26.9. The molecular formula is C41H62FN5O9. The van der Waals surface area contributed by atoms with Gasteiger partial charge in [0.1, 0.15) is 11.9 Å². The molecule has 0 saturated carbocycles. The Morgan fingerprint density at radius 1 is 1.09 bits per heavy atom. The lowest BCUT2D eigenvalue weighted by atomic mass is 9.85. The Morgan fingerprint density at radius 2 is 1.77 bits per heavy atom. The number of nitrogens with zero attached hydrogens (tertiary/aromatic N) is 1. The first-order valence-electron chi connectivity index (χ1n) is 19.1. The molecule has 2 aliphatic rings. The van der Waals surface area contributed by atoms with Crippen molar-refractivity contribution >= 4 is 29.5 Å². The Hall–Kier alpha value is -4.60. The van der Waals surface area contributed by atoms with Gasteiger partial charge in [-0.3, -0.25) is 19.2 Å². The molecule has 0 aromatic rings. The Labute approximate surface area is 330 Å². The molecule has 0 spiro atoms. The summed E-state index contributed by atoms with van der Waals surface area (Å²) in [5.74, 6) is -2.67. The number of Topliss-reactive ketones (excluding diaryl/α,β-unsaturated/α-hetero) is 1. The summed E-state index contributed by atoms with van der Waals surface area (Å²) in [5.41, 5.74) is 6.43. The van der Waals surface area contributed by atoms with Crippen molar-refractivity contribution in [3.05, 3.63) is 70.5 Å². The quantitative estimate of drug-likeness (QED) is 0.0907. The number of fused-ring (bicyclic) bond motifs is 2. The van der Waals surface area contributed by atoms with Gasteiger partial charge in [0.2, 0.25) is 17.5 Å². The standard InChI is InChI=1S/C41H62FN5O9/c1-25-20-30-36(45-18-12-10-9-11-17-44-35(49)16-19-47(6)24-29(5)42)32(48)23-31(38(30)51)46-40(52)26(2)14-13-15-33(54-7)39(56-41(43)53)28(4)22-27(3)37(50)34(21-25)55-8/h13-15,22-25,27,33-34,37,39,45,50H,9-12,16-21H2,1-8H3,(H2,43,53)(H,44,49)(H,46,52)/b15-13-,26-14+,28-22+,29-24+/t25-,27+,33?,34?,37?,39+/m1/s1. The van der Waals surface area contributed by atoms with Gasteiger partial charge < -0.3 is 45.9 Å². The molecule has 1 heterocycles. The maximum atomic E-state index is 13.9. The zero-order chi connectivity index (χ0) is 41.9. The first-order chi connectivity index (χ1) is 26.5. The molecule has 0 aromatic carbocycles. The summed E-state index contributed by atoms with van der Waals surface area (Å²) >= 11 is 0. The first-order valence-corrected chi connectivity index (χ1v) is 19.1. The molecule has 56 heavy (non-hydrogen) atoms. The number of unbranched alkanes of at least 4 members (excludes halogenated alkanes) is 3. The van der Waals surface area contributed by atoms with Gasteiger partial charge in [-0.2, -0.15) is 0 Å². The van der Waals surface area contributed by atoms with E-state index in [1.165, 1.54) is 33.4 Å². The number of hydrogen-bond acceptors (Lipinski definition) is 11. The van der Waals surface area contributed by atoms with Gasteiger partial charge in [0.05, 0.1) is 23.6 Å². The van der Waals surface area contributed by atoms with Crippen molar-refractivity contribution in [1.29, 1.82) is 0 Å². The molecule has 14 nitrogen and oxygen atoms in total. The second-order valence-electron chi connectivity index (χ2n) is 14.6. The molecule has 2 bridgehead atoms. The average Bonchev–Trinajstić information content (AvgIpc) is 3.13. The molecule has 3 unspecified atom stereocenters. The van der Waals surface area contributed by atoms with Crippen molar-refractivity contribution in [1.82, 2.24) is 20.9 Å². The highest BCUT2D eigenvalue weighted by Gasteiger charge is 2.33. The van der Waals surface area contributed by atoms with Gasteiger partial charge in [0.25, 0.3) is 5.91 Å². The lowest BCUT2D eigenvalue weighted by Crippen LogP contribution is -2.38. The SMILES string of the molecule is COC1C[C@H](C)CC2=C(NCCCCCCNC(=O)CCN(C)/C=C(\C)F)C(=O)C=C(NC(=O)/C(C)=C/C=C\C(OC)[C@@H](OC(N)=O)/C(C)=C/[C@H](C)C1O)C2=O. The number of primary amides is 1. The Bertz CT molecular complexity index is 1580. The fourth-order valence-corrected chi connectivity index (χ4v) is 6.56. The minimum absolute atomic E-state index is 0.104. The van der Waals surface area contributed by atoms with E-state index in [2.05, 4.69) is 16.0 Å². The number of carbonyl (C=O) groups excluding carboxylic acids is 5. The van der Waals surface area contributed by atoms with Gasteiger partial charge in [-0.15, -0.1) is 0 Å². The van der Waals surface area contributed by atoms with E-state index in [9.17, 15) is 33.5 Å². The number of amides is 3. The molecule has 0 radical (unpaired) electrons. The number of rotatable bonds is 15. The third kappa shape index (κ3) is 15.9. The summed E-state index contributed by atoms with van der Waals surface area (Å²) in [6, 6.07) is 0. The molecule has 2 rings (SSSR count). The molecule has 15 heteroatoms. The molecule has 6 atom stereocenters. The van der Waals surface area contributed by atoms with Crippen LogP contribution in [0.5, 0.6) is 0 Å². The average molecular weight is 788 g/mol. The fraction of sp³-hybridized carbons (Fsp3) is 0.585. The van der Waals surface area contributed by atoms with Crippen LogP contribution in [0.25, 0.3) is 0 Å². The van der Waals surface area contributed by atoms with Gasteiger partial charge in [0.15, 0.2) is 6.10 Å². The number of aliphatic hydroxyl groups excluding tert-OH is 1. The van der Waals surface area contributed by atoms with E-state index in [4.69, 9.17) is 19.9 Å². The lowest BCUT2D eigenvalue weighted by Gasteiger charge is -2.30. The lowest BCUT2D eigenvalue weighted by molar-refractivity contribution is -0.121. The van der Waals surface area contributed by atoms with Crippen LogP contribution < -0.4 is 21.7 Å². The summed E-state index contributed by atoms with van der Waals surface area (Å²) in [7, 11) is 4.62. The molecular weight excluding hydrogens is 725 g/mol. The highest BCUT2D eigenvalue weighted by Crippen LogP contribution is 2.29. The smallest absolute Gasteiger partial charge is 0.405 e. The summed E-state index contributed by atoms with van der Waals surface area (Å²) in [6.07, 6.45) is 8.29. The monoisotopic (exact) mass is 787 g/mol. The number of ketones is 2. The van der Waals surface area contributed by atoms with Crippen LogP contribution in [0.4, 0.5) is 9.18 Å². The Morgan fingerprint density at radius 3 is 2.39 bits per heavy atom. The molecule has 3 amide bonds. The maximum absolute atomic E-state index is 13.9. The Kier molecular flexibility index (Phi) is 20.5. The number of allylic oxidation sites excluding steroid dienone is 5. The summed E-state index contributed by atoms with van der Waals surface area (Å²) in [4.78, 5) is 66.3. The number of nitrogens with one attached hydrogen (secondary N) is 3. The minimum atomic E-state index is -1.01. The van der Waals surface area contributed by atoms with E-state index in [1.807, 2.05) is 6.92 Å². The van der Waals surface area contributed by atoms with Crippen molar-refractivity contribution in [2.45, 2.75) is 104 Å². The van der Waals surface area contributed by atoms with E-state index in [0.29, 0.717) is 38.0 Å². The predicted octanol–water partition coefficient (Wildman–Crippen LogP) is 4.18. The largest absolute Gasteiger partial charge is 0.439 e. The number of hydrogen-bond donors (Lipinski definition) is 5. The topological polar surface area (TPSA) is 199 Å². The first kappa shape index (κ1) is 47.6. The van der Waals surface area contributed by atoms with E-state index in [0.717, 1.165) is 25.3 Å². The number of halogens is 1. The fourth-order valence-electron chi connectivity index (χ4n) is 6.56. The highest BCUT2D eigenvalue weighted by atomic mass is 19.1. The number of aliphatic hydroxyl groups is 1. The second-order valence-corrected chi connectivity index (χ2v) is 14.6. The maximum Gasteiger partial charge on any atom is 0.405 e. The number of nitrogens with two attached hydrogens (primary N) is 1. The van der Waals surface area contributed by atoms with E-state index >= 15 is 0 Å². The zero-order valence-corrected chi connectivity index (χ0v) is 34.1. The molecule has 0 aromatic heterocycles. The van der Waals surface area contributed by atoms with Crippen LogP contribution in [-0.4, -0.2) is 105 Å². The molecule has 0 saturated heterocycles. The van der Waals surface area contributed by atoms with Crippen molar-refractivity contribution in [3.63, 3.8) is 0 Å². The molecule has 312 valence electrons. The molecule has 0 fully saturated rings. The summed E-state index contributed by atoms with van der Waals surface area (Å²) < 4.78 is 29.7. The summed E-state index contributed by atoms with van der Waals surface area (Å²) in [6.45, 7) is 9.66. The number of carbonyl (C=O) groups is 5. The number of ether oxygens (including phenoxy) is 3. The van der Waals surface area contributed by atoms with Gasteiger partial charge in [0, 0.05) is 76.7 Å². The minimum Gasteiger partial charge on any atom is -0.439 e. The third-order valence-corrected chi connectivity index (χ3v) is 9.61. The van der Waals surface area contributed by atoms with E-state index < -0.39 is 53.9 Å². The molecule has 1 aliphatic carbocycles. The van der Waals surface area contributed by atoms with Crippen LogP contribution in [-0.2, 0) is 33.4 Å². The van der Waals surface area contributed by atoms with Gasteiger partial charge >= 0.3 is 6.09 Å². The van der Waals surface area contributed by atoms with E-state index in [-0.39, 0.29) is 53.0 Å². The van der Waals surface area contributed by atoms with Crippen molar-refractivity contribution in [2.24, 2.45) is 17.6 Å². The van der Waals surface area contributed by atoms with Crippen LogP contribution in [0.2, 0.25) is 0 Å². The van der Waals surface area contributed by atoms with E-state index in [1.54, 1.807) is 50.9 Å². The number of methoxy groups -OCH3 is 2. The van der Waals surface area contributed by atoms with Gasteiger partial charge in [-0.1, -0.05) is 51.0 Å². The van der Waals surface area contributed by atoms with Crippen LogP contribution in [0.3, 0.4) is 0 Å². The molecule has 6 N–H and O–H groups in total. The predicted molar refractivity (Wildman–Crippen MR) is 211 cm³/mol. The van der Waals surface area contributed by atoms with Crippen molar-refractivity contribution in [3.8, 4) is 0 Å². The van der Waals surface area contributed by atoms with Crippen LogP contribution in [0, 0.1) is 11.8 Å². The third-order valence-electron chi connectivity index (χ3n) is 9.61. The second kappa shape index (κ2) is 24.1. The Balaban J connectivity index is 2.25. The van der Waals surface area contributed by atoms with Crippen LogP contribution in [0.15, 0.2) is 70.5 Å². The van der Waals surface area contributed by atoms with Crippen molar-refractivity contribution in [2.75, 3.05) is 40.9 Å². The summed E-state index contributed by atoms with van der Waals surface area (Å²) in [5, 5.41) is 20.1. The van der Waals surface area contributed by atoms with Crippen molar-refractivity contribution < 1.29 is 47.7 Å².